The molecule has 0 saturated heterocycles. The van der Waals surface area contributed by atoms with Gasteiger partial charge in [0, 0.05) is 11.1 Å². The SMILES string of the molecule is Cc1nc2ccc(C(C)C)cc2c(Cl)c1C. The number of pyridine rings is 1. The number of halogens is 1. The fraction of sp³-hybridized carbons (Fsp3) is 0.357. The summed E-state index contributed by atoms with van der Waals surface area (Å²) in [5, 5.41) is 1.90. The molecule has 0 unspecified atom stereocenters. The first-order valence-electron chi connectivity index (χ1n) is 5.57. The van der Waals surface area contributed by atoms with E-state index in [1.54, 1.807) is 0 Å². The average Bonchev–Trinajstić information content (AvgIpc) is 2.25. The van der Waals surface area contributed by atoms with Gasteiger partial charge in [-0.25, -0.2) is 0 Å². The molecule has 0 saturated carbocycles. The monoisotopic (exact) mass is 233 g/mol. The zero-order valence-corrected chi connectivity index (χ0v) is 10.9. The van der Waals surface area contributed by atoms with Crippen LogP contribution in [0.4, 0.5) is 0 Å². The number of fused-ring (bicyclic) bond motifs is 1. The second-order valence-corrected chi connectivity index (χ2v) is 4.95. The molecule has 16 heavy (non-hydrogen) atoms. The number of aromatic nitrogens is 1. The summed E-state index contributed by atoms with van der Waals surface area (Å²) in [6.45, 7) is 8.39. The minimum absolute atomic E-state index is 0.516. The Morgan fingerprint density at radius 1 is 1.19 bits per heavy atom. The van der Waals surface area contributed by atoms with E-state index in [0.717, 1.165) is 27.2 Å². The third-order valence-corrected chi connectivity index (χ3v) is 3.57. The van der Waals surface area contributed by atoms with Crippen LogP contribution in [0.1, 0.15) is 36.6 Å². The molecule has 2 rings (SSSR count). The van der Waals surface area contributed by atoms with Crippen molar-refractivity contribution >= 4 is 22.5 Å². The normalized spacial score (nSPS) is 11.4. The molecule has 2 aromatic rings. The third kappa shape index (κ3) is 1.80. The number of rotatable bonds is 1. The highest BCUT2D eigenvalue weighted by Gasteiger charge is 2.09. The third-order valence-electron chi connectivity index (χ3n) is 3.08. The molecule has 0 bridgehead atoms. The lowest BCUT2D eigenvalue weighted by Crippen LogP contribution is -1.93. The summed E-state index contributed by atoms with van der Waals surface area (Å²) >= 11 is 6.37. The lowest BCUT2D eigenvalue weighted by atomic mass is 10.00. The van der Waals surface area contributed by atoms with Gasteiger partial charge in [0.25, 0.3) is 0 Å². The fourth-order valence-electron chi connectivity index (χ4n) is 1.81. The van der Waals surface area contributed by atoms with Gasteiger partial charge >= 0.3 is 0 Å². The van der Waals surface area contributed by atoms with Crippen molar-refractivity contribution in [1.29, 1.82) is 0 Å². The Bertz CT molecular complexity index is 544. The number of hydrogen-bond donors (Lipinski definition) is 0. The Morgan fingerprint density at radius 3 is 2.50 bits per heavy atom. The van der Waals surface area contributed by atoms with Crippen molar-refractivity contribution in [2.24, 2.45) is 0 Å². The molecular formula is C14H16ClN. The first kappa shape index (κ1) is 11.4. The van der Waals surface area contributed by atoms with Crippen LogP contribution in [0.2, 0.25) is 5.02 Å². The smallest absolute Gasteiger partial charge is 0.0720 e. The van der Waals surface area contributed by atoms with E-state index in [1.165, 1.54) is 5.56 Å². The van der Waals surface area contributed by atoms with Crippen LogP contribution in [0.3, 0.4) is 0 Å². The molecule has 1 nitrogen and oxygen atoms in total. The first-order chi connectivity index (χ1) is 7.50. The summed E-state index contributed by atoms with van der Waals surface area (Å²) in [5.74, 6) is 0.516. The highest BCUT2D eigenvalue weighted by molar-refractivity contribution is 6.36. The second kappa shape index (κ2) is 4.06. The number of nitrogens with zero attached hydrogens (tertiary/aromatic N) is 1. The number of hydrogen-bond acceptors (Lipinski definition) is 1. The minimum Gasteiger partial charge on any atom is -0.253 e. The molecular weight excluding hydrogens is 218 g/mol. The lowest BCUT2D eigenvalue weighted by molar-refractivity contribution is 0.868. The Balaban J connectivity index is 2.78. The zero-order valence-electron chi connectivity index (χ0n) is 10.1. The zero-order chi connectivity index (χ0) is 11.9. The van der Waals surface area contributed by atoms with Gasteiger partial charge < -0.3 is 0 Å². The van der Waals surface area contributed by atoms with Gasteiger partial charge in [-0.15, -0.1) is 0 Å². The topological polar surface area (TPSA) is 12.9 Å². The van der Waals surface area contributed by atoms with E-state index in [9.17, 15) is 0 Å². The molecule has 0 aliphatic rings. The molecule has 2 heteroatoms. The fourth-order valence-corrected chi connectivity index (χ4v) is 2.10. The van der Waals surface area contributed by atoms with Crippen LogP contribution < -0.4 is 0 Å². The molecule has 1 heterocycles. The van der Waals surface area contributed by atoms with Gasteiger partial charge in [-0.3, -0.25) is 4.98 Å². The van der Waals surface area contributed by atoms with Crippen LogP contribution in [0.25, 0.3) is 10.9 Å². The predicted molar refractivity (Wildman–Crippen MR) is 70.3 cm³/mol. The Morgan fingerprint density at radius 2 is 1.88 bits per heavy atom. The van der Waals surface area contributed by atoms with Gasteiger partial charge in [-0.05, 0) is 43.0 Å². The van der Waals surface area contributed by atoms with E-state index in [4.69, 9.17) is 11.6 Å². The molecule has 0 aliphatic carbocycles. The largest absolute Gasteiger partial charge is 0.253 e. The summed E-state index contributed by atoms with van der Waals surface area (Å²) < 4.78 is 0. The first-order valence-corrected chi connectivity index (χ1v) is 5.95. The van der Waals surface area contributed by atoms with Gasteiger partial charge in [0.05, 0.1) is 10.5 Å². The van der Waals surface area contributed by atoms with Gasteiger partial charge in [0.15, 0.2) is 0 Å². The molecule has 1 aromatic heterocycles. The molecule has 84 valence electrons. The molecule has 0 amide bonds. The maximum Gasteiger partial charge on any atom is 0.0720 e. The van der Waals surface area contributed by atoms with Crippen LogP contribution in [-0.2, 0) is 0 Å². The minimum atomic E-state index is 0.516. The van der Waals surface area contributed by atoms with E-state index in [1.807, 2.05) is 13.8 Å². The Kier molecular flexibility index (Phi) is 2.90. The molecule has 0 aliphatic heterocycles. The summed E-state index contributed by atoms with van der Waals surface area (Å²) in [6.07, 6.45) is 0. The van der Waals surface area contributed by atoms with E-state index in [0.29, 0.717) is 5.92 Å². The molecule has 0 fully saturated rings. The summed E-state index contributed by atoms with van der Waals surface area (Å²) in [5.41, 5.74) is 4.38. The quantitative estimate of drug-likeness (QED) is 0.700. The molecule has 0 radical (unpaired) electrons. The lowest BCUT2D eigenvalue weighted by Gasteiger charge is -2.10. The molecule has 0 atom stereocenters. The van der Waals surface area contributed by atoms with Crippen molar-refractivity contribution in [2.45, 2.75) is 33.6 Å². The predicted octanol–water partition coefficient (Wildman–Crippen LogP) is 4.63. The molecule has 0 N–H and O–H groups in total. The van der Waals surface area contributed by atoms with Crippen LogP contribution in [0, 0.1) is 13.8 Å². The van der Waals surface area contributed by atoms with Crippen LogP contribution in [-0.4, -0.2) is 4.98 Å². The highest BCUT2D eigenvalue weighted by Crippen LogP contribution is 2.29. The molecule has 0 spiro atoms. The van der Waals surface area contributed by atoms with Gasteiger partial charge in [0.1, 0.15) is 0 Å². The van der Waals surface area contributed by atoms with Crippen LogP contribution >= 0.6 is 11.6 Å². The van der Waals surface area contributed by atoms with E-state index >= 15 is 0 Å². The Hall–Kier alpha value is -1.08. The molecule has 1 aromatic carbocycles. The van der Waals surface area contributed by atoms with Crippen molar-refractivity contribution < 1.29 is 0 Å². The van der Waals surface area contributed by atoms with E-state index in [2.05, 4.69) is 37.0 Å². The maximum atomic E-state index is 6.37. The maximum absolute atomic E-state index is 6.37. The van der Waals surface area contributed by atoms with Crippen molar-refractivity contribution in [1.82, 2.24) is 4.98 Å². The summed E-state index contributed by atoms with van der Waals surface area (Å²) in [7, 11) is 0. The summed E-state index contributed by atoms with van der Waals surface area (Å²) in [6, 6.07) is 6.34. The van der Waals surface area contributed by atoms with Gasteiger partial charge in [0.2, 0.25) is 0 Å². The van der Waals surface area contributed by atoms with E-state index < -0.39 is 0 Å². The van der Waals surface area contributed by atoms with Crippen molar-refractivity contribution in [3.8, 4) is 0 Å². The summed E-state index contributed by atoms with van der Waals surface area (Å²) in [4.78, 5) is 4.55. The van der Waals surface area contributed by atoms with Crippen molar-refractivity contribution in [3.05, 3.63) is 40.0 Å². The van der Waals surface area contributed by atoms with Crippen molar-refractivity contribution in [3.63, 3.8) is 0 Å². The Labute approximate surface area is 101 Å². The van der Waals surface area contributed by atoms with Gasteiger partial charge in [-0.2, -0.15) is 0 Å². The van der Waals surface area contributed by atoms with Crippen molar-refractivity contribution in [2.75, 3.05) is 0 Å². The highest BCUT2D eigenvalue weighted by atomic mass is 35.5. The van der Waals surface area contributed by atoms with Gasteiger partial charge in [-0.1, -0.05) is 31.5 Å². The number of benzene rings is 1. The number of aryl methyl sites for hydroxylation is 1. The van der Waals surface area contributed by atoms with E-state index in [-0.39, 0.29) is 0 Å². The van der Waals surface area contributed by atoms with Crippen LogP contribution in [0.15, 0.2) is 18.2 Å². The second-order valence-electron chi connectivity index (χ2n) is 4.57. The van der Waals surface area contributed by atoms with Crippen LogP contribution in [0.5, 0.6) is 0 Å². The average molecular weight is 234 g/mol. The standard InChI is InChI=1S/C14H16ClN/c1-8(2)11-5-6-13-12(7-11)14(15)9(3)10(4)16-13/h5-8H,1-4H3.